The molecule has 0 saturated heterocycles. The number of aliphatic hydroxyl groups excluding tert-OH is 3. The molecule has 9 atom stereocenters. The van der Waals surface area contributed by atoms with Gasteiger partial charge in [-0.25, -0.2) is 0 Å². The van der Waals surface area contributed by atoms with Crippen molar-refractivity contribution < 1.29 is 30.7 Å². The third-order valence-corrected chi connectivity index (χ3v) is 9.93. The largest absolute Gasteiger partial charge is 0.411 e. The highest BCUT2D eigenvalue weighted by molar-refractivity contribution is 5.99. The summed E-state index contributed by atoms with van der Waals surface area (Å²) in [6.45, 7) is 9.43. The summed E-state index contributed by atoms with van der Waals surface area (Å²) >= 11 is 0. The Morgan fingerprint density at radius 1 is 1.12 bits per heavy atom. The maximum absolute atomic E-state index is 11.6. The number of oxime groups is 1. The number of hydrogen-bond donors (Lipinski definition) is 6. The molecule has 7 heteroatoms. The summed E-state index contributed by atoms with van der Waals surface area (Å²) in [6, 6.07) is 0. The lowest BCUT2D eigenvalue weighted by molar-refractivity contribution is -0.134. The van der Waals surface area contributed by atoms with Crippen LogP contribution in [-0.4, -0.2) is 66.0 Å². The summed E-state index contributed by atoms with van der Waals surface area (Å²) in [5, 5.41) is 66.9. The number of hydrogen-bond acceptors (Lipinski definition) is 7. The Balaban J connectivity index is 1.65. The van der Waals surface area contributed by atoms with E-state index in [9.17, 15) is 30.7 Å². The molecular weight excluding hydrogens is 434 g/mol. The molecule has 4 aliphatic carbocycles. The molecule has 2 saturated carbocycles. The second-order valence-electron chi connectivity index (χ2n) is 12.8. The second kappa shape index (κ2) is 8.41. The Labute approximate surface area is 202 Å². The van der Waals surface area contributed by atoms with Crippen LogP contribution >= 0.6 is 0 Å². The van der Waals surface area contributed by atoms with Gasteiger partial charge in [0.2, 0.25) is 0 Å². The average Bonchev–Trinajstić information content (AvgIpc) is 3.10. The molecular formula is C27H43NO6. The van der Waals surface area contributed by atoms with Gasteiger partial charge in [-0.1, -0.05) is 25.1 Å². The van der Waals surface area contributed by atoms with Gasteiger partial charge in [0.05, 0.1) is 35.2 Å². The summed E-state index contributed by atoms with van der Waals surface area (Å²) in [7, 11) is 0. The van der Waals surface area contributed by atoms with E-state index < -0.39 is 29.5 Å². The molecule has 0 aromatic carbocycles. The number of aliphatic hydroxyl groups is 5. The van der Waals surface area contributed by atoms with Gasteiger partial charge in [-0.3, -0.25) is 0 Å². The van der Waals surface area contributed by atoms with Crippen molar-refractivity contribution in [1.82, 2.24) is 0 Å². The van der Waals surface area contributed by atoms with Crippen molar-refractivity contribution in [2.45, 2.75) is 109 Å². The van der Waals surface area contributed by atoms with Gasteiger partial charge in [0.25, 0.3) is 0 Å². The van der Waals surface area contributed by atoms with Crippen molar-refractivity contribution in [3.8, 4) is 0 Å². The van der Waals surface area contributed by atoms with Gasteiger partial charge in [0.1, 0.15) is 0 Å². The standard InChI is InChI=1S/C27H43NO6/c1-24(2,32)10-9-23(31)27(5,33)22-7-6-16-15-12-19(28-34)18-13-20(29)21(30)14-26(18,4)17(15)8-11-25(16,22)3/h6,12,17-18,20-23,29-34H,7-11,13-14H2,1-5H3/b28-19-/t17-,18+,20-,21+,22-,23-,25-,26+,27+/m1/s1. The van der Waals surface area contributed by atoms with Crippen LogP contribution in [0.3, 0.4) is 0 Å². The fourth-order valence-corrected chi connectivity index (χ4v) is 7.82. The van der Waals surface area contributed by atoms with E-state index >= 15 is 0 Å². The van der Waals surface area contributed by atoms with E-state index in [1.165, 1.54) is 0 Å². The molecule has 0 amide bonds. The fourth-order valence-electron chi connectivity index (χ4n) is 7.82. The van der Waals surface area contributed by atoms with Crippen LogP contribution in [0, 0.1) is 28.6 Å². The maximum atomic E-state index is 11.6. The van der Waals surface area contributed by atoms with Crippen molar-refractivity contribution >= 4 is 5.71 Å². The fraction of sp³-hybridized carbons (Fsp3) is 0.815. The molecule has 2 fully saturated rings. The average molecular weight is 478 g/mol. The number of nitrogens with zero attached hydrogens (tertiary/aromatic N) is 1. The summed E-state index contributed by atoms with van der Waals surface area (Å²) in [6.07, 6.45) is 5.41. The normalized spacial score (nSPS) is 43.8. The van der Waals surface area contributed by atoms with Crippen molar-refractivity contribution in [2.75, 3.05) is 0 Å². The summed E-state index contributed by atoms with van der Waals surface area (Å²) in [5.74, 6) is -0.153. The highest BCUT2D eigenvalue weighted by Gasteiger charge is 2.60. The van der Waals surface area contributed by atoms with E-state index in [1.807, 2.05) is 6.08 Å². The molecule has 192 valence electrons. The smallest absolute Gasteiger partial charge is 0.0916 e. The number of fused-ring (bicyclic) bond motifs is 5. The molecule has 6 N–H and O–H groups in total. The first kappa shape index (κ1) is 25.8. The van der Waals surface area contributed by atoms with E-state index in [4.69, 9.17) is 0 Å². The number of allylic oxidation sites excluding steroid dienone is 4. The Morgan fingerprint density at radius 3 is 2.41 bits per heavy atom. The molecule has 0 heterocycles. The van der Waals surface area contributed by atoms with Crippen LogP contribution in [-0.2, 0) is 0 Å². The molecule has 34 heavy (non-hydrogen) atoms. The van der Waals surface area contributed by atoms with Crippen molar-refractivity contribution in [1.29, 1.82) is 0 Å². The molecule has 0 aromatic heterocycles. The zero-order valence-corrected chi connectivity index (χ0v) is 21.2. The molecule has 0 unspecified atom stereocenters. The predicted octanol–water partition coefficient (Wildman–Crippen LogP) is 2.92. The highest BCUT2D eigenvalue weighted by atomic mass is 16.4. The Bertz CT molecular complexity index is 901. The first-order valence-electron chi connectivity index (χ1n) is 12.8. The van der Waals surface area contributed by atoms with Gasteiger partial charge in [-0.2, -0.15) is 0 Å². The van der Waals surface area contributed by atoms with Crippen LogP contribution in [0.2, 0.25) is 0 Å². The lowest BCUT2D eigenvalue weighted by Gasteiger charge is -2.57. The van der Waals surface area contributed by atoms with Crippen LogP contribution in [0.25, 0.3) is 0 Å². The van der Waals surface area contributed by atoms with E-state index in [0.717, 1.165) is 24.0 Å². The van der Waals surface area contributed by atoms with Crippen LogP contribution in [0.1, 0.15) is 79.6 Å². The first-order chi connectivity index (χ1) is 15.6. The third kappa shape index (κ3) is 3.97. The highest BCUT2D eigenvalue weighted by Crippen LogP contribution is 2.65. The van der Waals surface area contributed by atoms with Gasteiger partial charge in [0, 0.05) is 11.8 Å². The Kier molecular flexibility index (Phi) is 6.39. The zero-order chi connectivity index (χ0) is 25.3. The van der Waals surface area contributed by atoms with Crippen molar-refractivity contribution in [3.63, 3.8) is 0 Å². The van der Waals surface area contributed by atoms with Crippen molar-refractivity contribution in [3.05, 3.63) is 23.3 Å². The summed E-state index contributed by atoms with van der Waals surface area (Å²) in [4.78, 5) is 0. The van der Waals surface area contributed by atoms with Crippen LogP contribution in [0.4, 0.5) is 0 Å². The van der Waals surface area contributed by atoms with Gasteiger partial charge >= 0.3 is 0 Å². The SMILES string of the molecule is CC(C)(O)CC[C@@H](O)[C@@](C)(O)[C@@H]1CC=C2C3=C/C(=N/O)[C@@H]4C[C@@H](O)[C@@H](O)C[C@@]4(C)[C@@H]3CC[C@]21C. The summed E-state index contributed by atoms with van der Waals surface area (Å²) < 4.78 is 0. The van der Waals surface area contributed by atoms with Crippen LogP contribution in [0.15, 0.2) is 28.5 Å². The monoisotopic (exact) mass is 477 g/mol. The van der Waals surface area contributed by atoms with Gasteiger partial charge in [-0.05, 0) is 99.7 Å². The molecule has 0 bridgehead atoms. The van der Waals surface area contributed by atoms with Gasteiger partial charge in [-0.15, -0.1) is 0 Å². The van der Waals surface area contributed by atoms with Crippen molar-refractivity contribution in [2.24, 2.45) is 33.7 Å². The Hall–Kier alpha value is -1.25. The third-order valence-electron chi connectivity index (χ3n) is 9.93. The number of rotatable bonds is 5. The predicted molar refractivity (Wildman–Crippen MR) is 129 cm³/mol. The van der Waals surface area contributed by atoms with E-state index in [0.29, 0.717) is 37.8 Å². The minimum absolute atomic E-state index is 0.126. The molecule has 0 aromatic rings. The van der Waals surface area contributed by atoms with E-state index in [-0.39, 0.29) is 28.6 Å². The maximum Gasteiger partial charge on any atom is 0.0916 e. The zero-order valence-electron chi connectivity index (χ0n) is 21.2. The lowest BCUT2D eigenvalue weighted by Crippen LogP contribution is -2.56. The lowest BCUT2D eigenvalue weighted by atomic mass is 9.47. The minimum Gasteiger partial charge on any atom is -0.411 e. The molecule has 4 aliphatic rings. The van der Waals surface area contributed by atoms with E-state index in [2.05, 4.69) is 25.1 Å². The second-order valence-corrected chi connectivity index (χ2v) is 12.8. The first-order valence-corrected chi connectivity index (χ1v) is 12.8. The molecule has 0 aliphatic heterocycles. The molecule has 0 radical (unpaired) electrons. The van der Waals surface area contributed by atoms with Crippen LogP contribution < -0.4 is 0 Å². The van der Waals surface area contributed by atoms with Crippen LogP contribution in [0.5, 0.6) is 0 Å². The topological polar surface area (TPSA) is 134 Å². The quantitative estimate of drug-likeness (QED) is 0.266. The minimum atomic E-state index is -1.33. The molecule has 7 nitrogen and oxygen atoms in total. The van der Waals surface area contributed by atoms with Gasteiger partial charge < -0.3 is 30.7 Å². The summed E-state index contributed by atoms with van der Waals surface area (Å²) in [5.41, 5.74) is -0.123. The van der Waals surface area contributed by atoms with E-state index in [1.54, 1.807) is 20.8 Å². The Morgan fingerprint density at radius 2 is 1.79 bits per heavy atom. The molecule has 0 spiro atoms. The van der Waals surface area contributed by atoms with Gasteiger partial charge in [0.15, 0.2) is 0 Å². The molecule has 4 rings (SSSR count).